The molecule has 0 bridgehead atoms. The molecule has 0 aliphatic heterocycles. The first-order chi connectivity index (χ1) is 16.6. The van der Waals surface area contributed by atoms with Gasteiger partial charge in [-0.3, -0.25) is 0 Å². The number of allylic oxidation sites excluding steroid dienone is 3. The van der Waals surface area contributed by atoms with E-state index in [1.807, 2.05) is 6.08 Å². The Morgan fingerprint density at radius 3 is 2.56 bits per heavy atom. The van der Waals surface area contributed by atoms with Crippen LogP contribution in [0.4, 0.5) is 0 Å². The highest BCUT2D eigenvalue weighted by atomic mass is 16.7. The Bertz CT molecular complexity index is 849. The van der Waals surface area contributed by atoms with Crippen molar-refractivity contribution in [2.75, 3.05) is 41.5 Å². The first-order valence-corrected chi connectivity index (χ1v) is 12.8. The van der Waals surface area contributed by atoms with E-state index in [1.165, 1.54) is 36.8 Å². The molecule has 1 aromatic rings. The van der Waals surface area contributed by atoms with E-state index < -0.39 is 0 Å². The summed E-state index contributed by atoms with van der Waals surface area (Å²) in [6, 6.07) is 6.74. The van der Waals surface area contributed by atoms with Crippen LogP contribution in [0.15, 0.2) is 42.5 Å². The van der Waals surface area contributed by atoms with Gasteiger partial charge in [0.05, 0.1) is 12.7 Å². The van der Waals surface area contributed by atoms with Gasteiger partial charge in [0.1, 0.15) is 12.5 Å². The minimum atomic E-state index is 0.252. The molecule has 0 radical (unpaired) electrons. The van der Waals surface area contributed by atoms with E-state index in [-0.39, 0.29) is 12.2 Å². The molecule has 2 fully saturated rings. The molecular weight excluding hydrogens is 428 g/mol. The van der Waals surface area contributed by atoms with Crippen LogP contribution in [-0.2, 0) is 18.9 Å². The summed E-state index contributed by atoms with van der Waals surface area (Å²) in [6.45, 7) is 3.81. The fourth-order valence-corrected chi connectivity index (χ4v) is 7.07. The lowest BCUT2D eigenvalue weighted by Crippen LogP contribution is -2.45. The molecule has 0 spiro atoms. The second-order valence-electron chi connectivity index (χ2n) is 10.4. The second-order valence-corrected chi connectivity index (χ2v) is 10.4. The predicted octanol–water partition coefficient (Wildman–Crippen LogP) is 6.20. The number of fused-ring (bicyclic) bond motifs is 5. The van der Waals surface area contributed by atoms with E-state index in [0.29, 0.717) is 43.2 Å². The SMILES string of the molecule is COC/C=C/C=C/C[C@@H]1C[C@@H]2[C@H](CC[C@]3(C)[C@@H](OCOC)CC[C@@H]23)c2ccc(OCOC)cc21. The molecule has 0 saturated heterocycles. The van der Waals surface area contributed by atoms with Gasteiger partial charge in [-0.05, 0) is 90.9 Å². The van der Waals surface area contributed by atoms with Gasteiger partial charge in [-0.1, -0.05) is 37.3 Å². The Labute approximate surface area is 205 Å². The zero-order valence-corrected chi connectivity index (χ0v) is 21.3. The van der Waals surface area contributed by atoms with E-state index in [1.54, 1.807) is 21.3 Å². The van der Waals surface area contributed by atoms with Crippen LogP contribution in [0.2, 0.25) is 0 Å². The van der Waals surface area contributed by atoms with Crippen LogP contribution in [-0.4, -0.2) is 47.6 Å². The topological polar surface area (TPSA) is 46.2 Å². The van der Waals surface area contributed by atoms with Crippen LogP contribution in [0.1, 0.15) is 68.4 Å². The van der Waals surface area contributed by atoms with Gasteiger partial charge in [0.25, 0.3) is 0 Å². The first-order valence-electron chi connectivity index (χ1n) is 12.8. The molecule has 5 nitrogen and oxygen atoms in total. The van der Waals surface area contributed by atoms with E-state index in [0.717, 1.165) is 18.6 Å². The second kappa shape index (κ2) is 11.9. The van der Waals surface area contributed by atoms with Gasteiger partial charge < -0.3 is 23.7 Å². The van der Waals surface area contributed by atoms with E-state index in [2.05, 4.69) is 43.4 Å². The molecule has 4 rings (SSSR count). The van der Waals surface area contributed by atoms with Crippen molar-refractivity contribution in [3.05, 3.63) is 53.6 Å². The third-order valence-electron chi connectivity index (χ3n) is 8.60. The third-order valence-corrected chi connectivity index (χ3v) is 8.60. The maximum atomic E-state index is 6.19. The highest BCUT2D eigenvalue weighted by Crippen LogP contribution is 2.63. The summed E-state index contributed by atoms with van der Waals surface area (Å²) in [7, 11) is 5.10. The van der Waals surface area contributed by atoms with Crippen molar-refractivity contribution < 1.29 is 23.7 Å². The summed E-state index contributed by atoms with van der Waals surface area (Å²) >= 11 is 0. The molecule has 0 unspecified atom stereocenters. The monoisotopic (exact) mass is 470 g/mol. The Hall–Kier alpha value is -1.66. The Morgan fingerprint density at radius 1 is 0.941 bits per heavy atom. The molecule has 2 saturated carbocycles. The highest BCUT2D eigenvalue weighted by molar-refractivity contribution is 5.43. The summed E-state index contributed by atoms with van der Waals surface area (Å²) < 4.78 is 27.5. The van der Waals surface area contributed by atoms with Gasteiger partial charge >= 0.3 is 0 Å². The minimum absolute atomic E-state index is 0.252. The van der Waals surface area contributed by atoms with E-state index in [4.69, 9.17) is 23.7 Å². The molecule has 3 aliphatic carbocycles. The van der Waals surface area contributed by atoms with Gasteiger partial charge in [-0.15, -0.1) is 0 Å². The van der Waals surface area contributed by atoms with Crippen molar-refractivity contribution in [1.82, 2.24) is 0 Å². The third kappa shape index (κ3) is 5.28. The van der Waals surface area contributed by atoms with Crippen molar-refractivity contribution in [2.24, 2.45) is 17.3 Å². The number of hydrogen-bond acceptors (Lipinski definition) is 5. The average Bonchev–Trinajstić information content (AvgIpc) is 3.19. The number of ether oxygens (including phenoxy) is 5. The van der Waals surface area contributed by atoms with Crippen molar-refractivity contribution in [1.29, 1.82) is 0 Å². The Kier molecular flexibility index (Phi) is 8.86. The lowest BCUT2D eigenvalue weighted by Gasteiger charge is -2.52. The predicted molar refractivity (Wildman–Crippen MR) is 134 cm³/mol. The zero-order chi connectivity index (χ0) is 24.0. The highest BCUT2D eigenvalue weighted by Gasteiger charge is 2.56. The summed E-state index contributed by atoms with van der Waals surface area (Å²) in [6.07, 6.45) is 16.1. The Morgan fingerprint density at radius 2 is 1.76 bits per heavy atom. The van der Waals surface area contributed by atoms with Gasteiger partial charge in [0.15, 0.2) is 6.79 Å². The normalized spacial score (nSPS) is 32.6. The minimum Gasteiger partial charge on any atom is -0.468 e. The van der Waals surface area contributed by atoms with Crippen molar-refractivity contribution in [3.8, 4) is 5.75 Å². The maximum absolute atomic E-state index is 6.19. The maximum Gasteiger partial charge on any atom is 0.188 e. The first kappa shape index (κ1) is 25.4. The molecule has 0 aromatic heterocycles. The molecule has 3 aliphatic rings. The van der Waals surface area contributed by atoms with Gasteiger partial charge in [0.2, 0.25) is 0 Å². The Balaban J connectivity index is 1.58. The van der Waals surface area contributed by atoms with Crippen LogP contribution in [0.25, 0.3) is 0 Å². The molecule has 0 N–H and O–H groups in total. The number of hydrogen-bond donors (Lipinski definition) is 0. The van der Waals surface area contributed by atoms with Crippen molar-refractivity contribution >= 4 is 0 Å². The van der Waals surface area contributed by atoms with E-state index in [9.17, 15) is 0 Å². The van der Waals surface area contributed by atoms with Gasteiger partial charge in [0, 0.05) is 21.3 Å². The van der Waals surface area contributed by atoms with Gasteiger partial charge in [-0.25, -0.2) is 0 Å². The lowest BCUT2D eigenvalue weighted by atomic mass is 9.53. The number of rotatable bonds is 11. The van der Waals surface area contributed by atoms with E-state index >= 15 is 0 Å². The summed E-state index contributed by atoms with van der Waals surface area (Å²) in [5, 5.41) is 0. The molecule has 34 heavy (non-hydrogen) atoms. The van der Waals surface area contributed by atoms with Gasteiger partial charge in [-0.2, -0.15) is 0 Å². The standard InChI is InChI=1S/C29H42O5/c1-29-15-14-24-23-11-10-22(33-19-31-3)18-25(23)21(9-7-5-6-8-16-30-2)17-26(24)27(29)12-13-28(29)34-20-32-4/h5-8,10-11,18,21,24,26-28H,9,12-17,19-20H2,1-4H3/b7-5+,8-6+/t21-,24-,26-,27+,28+,29+/m1/s1. The molecule has 0 heterocycles. The largest absolute Gasteiger partial charge is 0.468 e. The zero-order valence-electron chi connectivity index (χ0n) is 21.3. The lowest BCUT2D eigenvalue weighted by molar-refractivity contribution is -0.125. The molecular formula is C29H42O5. The number of benzene rings is 1. The molecule has 6 atom stereocenters. The molecule has 5 heteroatoms. The quantitative estimate of drug-likeness (QED) is 0.284. The van der Waals surface area contributed by atoms with Crippen molar-refractivity contribution in [3.63, 3.8) is 0 Å². The fourth-order valence-electron chi connectivity index (χ4n) is 7.07. The van der Waals surface area contributed by atoms with Crippen LogP contribution in [0, 0.1) is 17.3 Å². The summed E-state index contributed by atoms with van der Waals surface area (Å²) in [5.41, 5.74) is 3.26. The smallest absolute Gasteiger partial charge is 0.188 e. The van der Waals surface area contributed by atoms with Crippen molar-refractivity contribution in [2.45, 2.75) is 63.4 Å². The molecule has 0 amide bonds. The fraction of sp³-hybridized carbons (Fsp3) is 0.655. The summed E-state index contributed by atoms with van der Waals surface area (Å²) in [4.78, 5) is 0. The molecule has 1 aromatic carbocycles. The number of methoxy groups -OCH3 is 3. The van der Waals surface area contributed by atoms with Crippen LogP contribution in [0.5, 0.6) is 5.75 Å². The molecule has 188 valence electrons. The van der Waals surface area contributed by atoms with Crippen LogP contribution < -0.4 is 4.74 Å². The summed E-state index contributed by atoms with van der Waals surface area (Å²) in [5.74, 6) is 3.44. The average molecular weight is 471 g/mol. The van der Waals surface area contributed by atoms with Crippen LogP contribution in [0.3, 0.4) is 0 Å². The van der Waals surface area contributed by atoms with Crippen LogP contribution >= 0.6 is 0 Å².